The lowest BCUT2D eigenvalue weighted by Gasteiger charge is -2.26. The molecule has 1 aliphatic carbocycles. The zero-order valence-electron chi connectivity index (χ0n) is 19.3. The second kappa shape index (κ2) is 7.97. The number of amides is 1. The van der Waals surface area contributed by atoms with Crippen LogP contribution >= 0.6 is 0 Å². The molecule has 0 aliphatic heterocycles. The predicted molar refractivity (Wildman–Crippen MR) is 123 cm³/mol. The minimum atomic E-state index is -0.00824. The molecule has 3 rings (SSSR count). The van der Waals surface area contributed by atoms with Gasteiger partial charge in [0.15, 0.2) is 0 Å². The molecule has 1 aliphatic rings. The molecule has 2 aromatic carbocycles. The van der Waals surface area contributed by atoms with Crippen molar-refractivity contribution in [2.75, 3.05) is 0 Å². The van der Waals surface area contributed by atoms with E-state index in [4.69, 9.17) is 0 Å². The largest absolute Gasteiger partial charge is 0.346 e. The van der Waals surface area contributed by atoms with E-state index in [1.807, 2.05) is 0 Å². The van der Waals surface area contributed by atoms with Crippen molar-refractivity contribution >= 4 is 5.91 Å². The second-order valence-corrected chi connectivity index (χ2v) is 10.7. The van der Waals surface area contributed by atoms with Gasteiger partial charge < -0.3 is 5.32 Å². The average molecular weight is 392 g/mol. The molecule has 0 fully saturated rings. The maximum absolute atomic E-state index is 13.2. The molecule has 0 bridgehead atoms. The fourth-order valence-corrected chi connectivity index (χ4v) is 4.01. The molecule has 0 spiro atoms. The number of nitrogens with one attached hydrogen (secondary N) is 1. The molecule has 0 radical (unpaired) electrons. The van der Waals surface area contributed by atoms with Crippen LogP contribution in [0.4, 0.5) is 0 Å². The smallest absolute Gasteiger partial charge is 0.251 e. The Morgan fingerprint density at radius 1 is 0.828 bits per heavy atom. The van der Waals surface area contributed by atoms with E-state index < -0.39 is 0 Å². The highest BCUT2D eigenvalue weighted by Gasteiger charge is 2.23. The van der Waals surface area contributed by atoms with Crippen LogP contribution < -0.4 is 5.32 Å². The van der Waals surface area contributed by atoms with Gasteiger partial charge in [0.1, 0.15) is 0 Å². The highest BCUT2D eigenvalue weighted by molar-refractivity contribution is 5.95. The van der Waals surface area contributed by atoms with Gasteiger partial charge in [-0.2, -0.15) is 0 Å². The molecule has 2 heteroatoms. The number of carbonyl (C=O) groups is 1. The SMILES string of the molecule is CC(NC(=O)c1cc(C(C)(C)C)cc(C(C)(C)C)c1)c1ccc2c(c1)CCCC2. The first-order chi connectivity index (χ1) is 13.4. The summed E-state index contributed by atoms with van der Waals surface area (Å²) in [5, 5.41) is 3.24. The van der Waals surface area contributed by atoms with Crippen molar-refractivity contribution in [1.29, 1.82) is 0 Å². The number of benzene rings is 2. The van der Waals surface area contributed by atoms with Crippen LogP contribution in [0.3, 0.4) is 0 Å². The highest BCUT2D eigenvalue weighted by atomic mass is 16.1. The van der Waals surface area contributed by atoms with E-state index in [0.29, 0.717) is 0 Å². The molecule has 156 valence electrons. The molecule has 29 heavy (non-hydrogen) atoms. The van der Waals surface area contributed by atoms with E-state index in [1.165, 1.54) is 47.1 Å². The number of fused-ring (bicyclic) bond motifs is 1. The summed E-state index contributed by atoms with van der Waals surface area (Å²) in [6.07, 6.45) is 4.91. The van der Waals surface area contributed by atoms with Crippen molar-refractivity contribution < 1.29 is 4.79 Å². The van der Waals surface area contributed by atoms with Crippen LogP contribution in [0.5, 0.6) is 0 Å². The number of aryl methyl sites for hydroxylation is 2. The van der Waals surface area contributed by atoms with Gasteiger partial charge in [-0.25, -0.2) is 0 Å². The third-order valence-electron chi connectivity index (χ3n) is 6.15. The van der Waals surface area contributed by atoms with Crippen molar-refractivity contribution in [2.45, 2.75) is 91.0 Å². The van der Waals surface area contributed by atoms with Crippen LogP contribution in [0.15, 0.2) is 36.4 Å². The van der Waals surface area contributed by atoms with Crippen molar-refractivity contribution in [2.24, 2.45) is 0 Å². The molecule has 0 aromatic heterocycles. The third kappa shape index (κ3) is 5.10. The summed E-state index contributed by atoms with van der Waals surface area (Å²) in [6, 6.07) is 13.1. The predicted octanol–water partition coefficient (Wildman–Crippen LogP) is 6.65. The zero-order chi connectivity index (χ0) is 21.4. The normalized spacial score (nSPS) is 15.6. The first-order valence-electron chi connectivity index (χ1n) is 11.0. The van der Waals surface area contributed by atoms with Gasteiger partial charge in [-0.1, -0.05) is 65.8 Å². The Kier molecular flexibility index (Phi) is 5.94. The monoisotopic (exact) mass is 391 g/mol. The Bertz CT molecular complexity index is 863. The van der Waals surface area contributed by atoms with E-state index in [1.54, 1.807) is 0 Å². The summed E-state index contributed by atoms with van der Waals surface area (Å²) in [5.74, 6) is 0.00632. The van der Waals surface area contributed by atoms with E-state index >= 15 is 0 Å². The molecule has 2 nitrogen and oxygen atoms in total. The van der Waals surface area contributed by atoms with Crippen molar-refractivity contribution in [3.63, 3.8) is 0 Å². The van der Waals surface area contributed by atoms with Crippen LogP contribution in [-0.2, 0) is 23.7 Å². The molecule has 0 saturated heterocycles. The summed E-state index contributed by atoms with van der Waals surface area (Å²) in [6.45, 7) is 15.3. The maximum Gasteiger partial charge on any atom is 0.251 e. The lowest BCUT2D eigenvalue weighted by atomic mass is 9.79. The lowest BCUT2D eigenvalue weighted by Crippen LogP contribution is -2.28. The zero-order valence-corrected chi connectivity index (χ0v) is 19.3. The fraction of sp³-hybridized carbons (Fsp3) is 0.519. The minimum absolute atomic E-state index is 0.000396. The molecule has 1 N–H and O–H groups in total. The lowest BCUT2D eigenvalue weighted by molar-refractivity contribution is 0.0939. The highest BCUT2D eigenvalue weighted by Crippen LogP contribution is 2.31. The minimum Gasteiger partial charge on any atom is -0.346 e. The number of hydrogen-bond donors (Lipinski definition) is 1. The van der Waals surface area contributed by atoms with E-state index in [-0.39, 0.29) is 22.8 Å². The molecular formula is C27H37NO. The van der Waals surface area contributed by atoms with Crippen molar-refractivity contribution in [1.82, 2.24) is 5.32 Å². The molecule has 1 unspecified atom stereocenters. The van der Waals surface area contributed by atoms with Crippen LogP contribution in [0.25, 0.3) is 0 Å². The van der Waals surface area contributed by atoms with Gasteiger partial charge in [-0.05, 0) is 83.4 Å². The van der Waals surface area contributed by atoms with Gasteiger partial charge in [-0.3, -0.25) is 4.79 Å². The number of carbonyl (C=O) groups excluding carboxylic acids is 1. The van der Waals surface area contributed by atoms with Crippen molar-refractivity contribution in [3.05, 3.63) is 69.8 Å². The van der Waals surface area contributed by atoms with E-state index in [9.17, 15) is 4.79 Å². The molecule has 0 saturated carbocycles. The summed E-state index contributed by atoms with van der Waals surface area (Å²) in [4.78, 5) is 13.2. The molecule has 2 aromatic rings. The third-order valence-corrected chi connectivity index (χ3v) is 6.15. The average Bonchev–Trinajstić information content (AvgIpc) is 2.65. The van der Waals surface area contributed by atoms with Crippen molar-refractivity contribution in [3.8, 4) is 0 Å². The molecule has 0 heterocycles. The number of rotatable bonds is 3. The van der Waals surface area contributed by atoms with Gasteiger partial charge in [0.25, 0.3) is 5.91 Å². The van der Waals surface area contributed by atoms with Crippen LogP contribution in [0.2, 0.25) is 0 Å². The van der Waals surface area contributed by atoms with Gasteiger partial charge in [-0.15, -0.1) is 0 Å². The molecular weight excluding hydrogens is 354 g/mol. The Balaban J connectivity index is 1.86. The van der Waals surface area contributed by atoms with Crippen LogP contribution in [0, 0.1) is 0 Å². The molecule has 1 amide bonds. The molecule has 1 atom stereocenters. The van der Waals surface area contributed by atoms with Crippen LogP contribution in [-0.4, -0.2) is 5.91 Å². The fourth-order valence-electron chi connectivity index (χ4n) is 4.01. The Morgan fingerprint density at radius 3 is 1.93 bits per heavy atom. The second-order valence-electron chi connectivity index (χ2n) is 10.7. The van der Waals surface area contributed by atoms with Gasteiger partial charge >= 0.3 is 0 Å². The first kappa shape index (κ1) is 21.6. The summed E-state index contributed by atoms with van der Waals surface area (Å²) < 4.78 is 0. The standard InChI is InChI=1S/C27H37NO/c1-18(20-13-12-19-10-8-9-11-21(19)14-20)28-25(29)22-15-23(26(2,3)4)17-24(16-22)27(5,6)7/h12-18H,8-11H2,1-7H3,(H,28,29). The van der Waals surface area contributed by atoms with E-state index in [2.05, 4.69) is 90.2 Å². The quantitative estimate of drug-likeness (QED) is 0.623. The summed E-state index contributed by atoms with van der Waals surface area (Å²) >= 11 is 0. The topological polar surface area (TPSA) is 29.1 Å². The Hall–Kier alpha value is -2.09. The maximum atomic E-state index is 13.2. The first-order valence-corrected chi connectivity index (χ1v) is 11.0. The Morgan fingerprint density at radius 2 is 1.38 bits per heavy atom. The van der Waals surface area contributed by atoms with Crippen LogP contribution in [0.1, 0.15) is 106 Å². The Labute approximate surface area is 177 Å². The van der Waals surface area contributed by atoms with Gasteiger partial charge in [0.2, 0.25) is 0 Å². The van der Waals surface area contributed by atoms with E-state index in [0.717, 1.165) is 12.0 Å². The van der Waals surface area contributed by atoms with Gasteiger partial charge in [0, 0.05) is 5.56 Å². The summed E-state index contributed by atoms with van der Waals surface area (Å²) in [7, 11) is 0. The van der Waals surface area contributed by atoms with Gasteiger partial charge in [0.05, 0.1) is 6.04 Å². The summed E-state index contributed by atoms with van der Waals surface area (Å²) in [5.41, 5.74) is 7.30. The number of hydrogen-bond acceptors (Lipinski definition) is 1.